The second-order valence-corrected chi connectivity index (χ2v) is 5.34. The number of aromatic nitrogens is 1. The Morgan fingerprint density at radius 2 is 2.20 bits per heavy atom. The number of aryl methyl sites for hydroxylation is 1. The summed E-state index contributed by atoms with van der Waals surface area (Å²) in [5.74, 6) is -0.237. The van der Waals surface area contributed by atoms with Crippen LogP contribution in [0.25, 0.3) is 0 Å². The van der Waals surface area contributed by atoms with Crippen molar-refractivity contribution in [1.82, 2.24) is 10.4 Å². The van der Waals surface area contributed by atoms with Gasteiger partial charge in [-0.2, -0.15) is 5.10 Å². The standard InChI is InChI=1S/C14H12IN3O2/c1-9-2-3-10(7-16-9)14(20)18-17-8-11-6-12(15)4-5-13(11)19/h2-8,19H,1H3,(H,18,20). The first-order valence-corrected chi connectivity index (χ1v) is 6.89. The monoisotopic (exact) mass is 381 g/mol. The van der Waals surface area contributed by atoms with E-state index >= 15 is 0 Å². The number of hydrogen-bond acceptors (Lipinski definition) is 4. The van der Waals surface area contributed by atoms with E-state index in [0.717, 1.165) is 9.26 Å². The zero-order chi connectivity index (χ0) is 14.5. The van der Waals surface area contributed by atoms with Crippen molar-refractivity contribution in [3.63, 3.8) is 0 Å². The molecule has 2 N–H and O–H groups in total. The fourth-order valence-corrected chi connectivity index (χ4v) is 1.97. The molecule has 102 valence electrons. The number of pyridine rings is 1. The predicted octanol–water partition coefficient (Wildman–Crippen LogP) is 2.46. The first-order valence-electron chi connectivity index (χ1n) is 5.81. The van der Waals surface area contributed by atoms with E-state index in [-0.39, 0.29) is 11.7 Å². The Hall–Kier alpha value is -1.96. The van der Waals surface area contributed by atoms with Crippen LogP contribution in [-0.4, -0.2) is 22.2 Å². The molecule has 0 fully saturated rings. The van der Waals surface area contributed by atoms with E-state index in [9.17, 15) is 9.90 Å². The minimum Gasteiger partial charge on any atom is -0.507 e. The van der Waals surface area contributed by atoms with Crippen molar-refractivity contribution in [2.75, 3.05) is 0 Å². The minimum absolute atomic E-state index is 0.111. The quantitative estimate of drug-likeness (QED) is 0.487. The Morgan fingerprint density at radius 1 is 1.40 bits per heavy atom. The van der Waals surface area contributed by atoms with Crippen LogP contribution in [0.2, 0.25) is 0 Å². The molecule has 1 amide bonds. The summed E-state index contributed by atoms with van der Waals surface area (Å²) < 4.78 is 0.968. The van der Waals surface area contributed by atoms with E-state index in [4.69, 9.17) is 0 Å². The second kappa shape index (κ2) is 6.47. The fourth-order valence-electron chi connectivity index (χ4n) is 1.46. The van der Waals surface area contributed by atoms with Gasteiger partial charge in [0.15, 0.2) is 0 Å². The number of benzene rings is 1. The summed E-state index contributed by atoms with van der Waals surface area (Å²) in [6.07, 6.45) is 2.89. The molecular weight excluding hydrogens is 369 g/mol. The Morgan fingerprint density at radius 3 is 2.90 bits per heavy atom. The molecule has 1 heterocycles. The lowest BCUT2D eigenvalue weighted by atomic mass is 10.2. The third kappa shape index (κ3) is 3.77. The molecule has 1 aromatic heterocycles. The van der Waals surface area contributed by atoms with Crippen LogP contribution in [0.4, 0.5) is 0 Å². The van der Waals surface area contributed by atoms with Crippen molar-refractivity contribution >= 4 is 34.7 Å². The van der Waals surface area contributed by atoms with Crippen LogP contribution in [0.3, 0.4) is 0 Å². The summed E-state index contributed by atoms with van der Waals surface area (Å²) in [5, 5.41) is 13.5. The Balaban J connectivity index is 2.04. The Kier molecular flexibility index (Phi) is 4.67. The summed E-state index contributed by atoms with van der Waals surface area (Å²) in [6, 6.07) is 8.55. The third-order valence-electron chi connectivity index (χ3n) is 2.53. The average Bonchev–Trinajstić information content (AvgIpc) is 2.43. The predicted molar refractivity (Wildman–Crippen MR) is 84.9 cm³/mol. The first kappa shape index (κ1) is 14.4. The number of amides is 1. The van der Waals surface area contributed by atoms with Gasteiger partial charge in [-0.25, -0.2) is 5.43 Å². The van der Waals surface area contributed by atoms with Gasteiger partial charge in [0, 0.05) is 21.0 Å². The summed E-state index contributed by atoms with van der Waals surface area (Å²) in [4.78, 5) is 15.8. The van der Waals surface area contributed by atoms with E-state index in [1.807, 2.05) is 6.92 Å². The Bertz CT molecular complexity index is 654. The molecule has 0 aliphatic heterocycles. The molecule has 0 spiro atoms. The van der Waals surface area contributed by atoms with Gasteiger partial charge in [0.05, 0.1) is 11.8 Å². The molecule has 0 bridgehead atoms. The summed E-state index contributed by atoms with van der Waals surface area (Å²) in [6.45, 7) is 1.85. The molecule has 0 saturated carbocycles. The SMILES string of the molecule is Cc1ccc(C(=O)NN=Cc2cc(I)ccc2O)cn1. The van der Waals surface area contributed by atoms with Crippen LogP contribution in [-0.2, 0) is 0 Å². The molecule has 0 aliphatic rings. The van der Waals surface area contributed by atoms with E-state index in [2.05, 4.69) is 38.1 Å². The topological polar surface area (TPSA) is 74.6 Å². The number of aromatic hydroxyl groups is 1. The molecule has 0 aliphatic carbocycles. The maximum absolute atomic E-state index is 11.8. The lowest BCUT2D eigenvalue weighted by Gasteiger charge is -2.01. The maximum atomic E-state index is 11.8. The molecule has 2 rings (SSSR count). The number of hydrazone groups is 1. The first-order chi connectivity index (χ1) is 9.56. The number of rotatable bonds is 3. The molecule has 20 heavy (non-hydrogen) atoms. The van der Waals surface area contributed by atoms with Crippen LogP contribution in [0.5, 0.6) is 5.75 Å². The van der Waals surface area contributed by atoms with Crippen molar-refractivity contribution in [2.45, 2.75) is 6.92 Å². The minimum atomic E-state index is -0.348. The fraction of sp³-hybridized carbons (Fsp3) is 0.0714. The van der Waals surface area contributed by atoms with Crippen LogP contribution in [0, 0.1) is 10.5 Å². The number of halogens is 1. The number of nitrogens with one attached hydrogen (secondary N) is 1. The summed E-state index contributed by atoms with van der Waals surface area (Å²) in [5.41, 5.74) is 4.20. The van der Waals surface area contributed by atoms with Gasteiger partial charge in [0.25, 0.3) is 5.91 Å². The Labute approximate surface area is 129 Å². The molecular formula is C14H12IN3O2. The van der Waals surface area contributed by atoms with Crippen molar-refractivity contribution < 1.29 is 9.90 Å². The number of phenolic OH excluding ortho intramolecular Hbond substituents is 1. The van der Waals surface area contributed by atoms with Crippen molar-refractivity contribution in [3.8, 4) is 5.75 Å². The molecule has 0 saturated heterocycles. The number of carbonyl (C=O) groups is 1. The zero-order valence-electron chi connectivity index (χ0n) is 10.7. The summed E-state index contributed by atoms with van der Waals surface area (Å²) in [7, 11) is 0. The molecule has 0 atom stereocenters. The van der Waals surface area contributed by atoms with Gasteiger partial charge in [-0.1, -0.05) is 0 Å². The van der Waals surface area contributed by atoms with Gasteiger partial charge in [0.1, 0.15) is 5.75 Å². The number of hydrogen-bond donors (Lipinski definition) is 2. The van der Waals surface area contributed by atoms with Crippen LogP contribution < -0.4 is 5.43 Å². The summed E-state index contributed by atoms with van der Waals surface area (Å²) >= 11 is 2.13. The van der Waals surface area contributed by atoms with Gasteiger partial charge < -0.3 is 5.11 Å². The smallest absolute Gasteiger partial charge is 0.272 e. The van der Waals surface area contributed by atoms with E-state index in [1.165, 1.54) is 12.4 Å². The second-order valence-electron chi connectivity index (χ2n) is 4.09. The zero-order valence-corrected chi connectivity index (χ0v) is 12.8. The molecule has 0 radical (unpaired) electrons. The van der Waals surface area contributed by atoms with Crippen molar-refractivity contribution in [1.29, 1.82) is 0 Å². The molecule has 6 heteroatoms. The normalized spacial score (nSPS) is 10.7. The highest BCUT2D eigenvalue weighted by atomic mass is 127. The average molecular weight is 381 g/mol. The number of nitrogens with zero attached hydrogens (tertiary/aromatic N) is 2. The van der Waals surface area contributed by atoms with E-state index in [0.29, 0.717) is 11.1 Å². The molecule has 2 aromatic rings. The van der Waals surface area contributed by atoms with E-state index in [1.54, 1.807) is 30.3 Å². The molecule has 5 nitrogen and oxygen atoms in total. The highest BCUT2D eigenvalue weighted by Crippen LogP contribution is 2.17. The van der Waals surface area contributed by atoms with Crippen LogP contribution in [0.1, 0.15) is 21.6 Å². The van der Waals surface area contributed by atoms with Gasteiger partial charge in [-0.15, -0.1) is 0 Å². The van der Waals surface area contributed by atoms with Gasteiger partial charge >= 0.3 is 0 Å². The van der Waals surface area contributed by atoms with Gasteiger partial charge in [-0.3, -0.25) is 9.78 Å². The third-order valence-corrected chi connectivity index (χ3v) is 3.20. The largest absolute Gasteiger partial charge is 0.507 e. The lowest BCUT2D eigenvalue weighted by Crippen LogP contribution is -2.17. The highest BCUT2D eigenvalue weighted by Gasteiger charge is 2.04. The number of phenols is 1. The molecule has 1 aromatic carbocycles. The number of carbonyl (C=O) groups excluding carboxylic acids is 1. The highest BCUT2D eigenvalue weighted by molar-refractivity contribution is 14.1. The maximum Gasteiger partial charge on any atom is 0.272 e. The van der Waals surface area contributed by atoms with Crippen molar-refractivity contribution in [2.24, 2.45) is 5.10 Å². The van der Waals surface area contributed by atoms with Gasteiger partial charge in [-0.05, 0) is 59.8 Å². The van der Waals surface area contributed by atoms with Crippen molar-refractivity contribution in [3.05, 3.63) is 56.9 Å². The molecule has 0 unspecified atom stereocenters. The lowest BCUT2D eigenvalue weighted by molar-refractivity contribution is 0.0954. The van der Waals surface area contributed by atoms with E-state index < -0.39 is 0 Å². The van der Waals surface area contributed by atoms with Crippen LogP contribution >= 0.6 is 22.6 Å². The van der Waals surface area contributed by atoms with Gasteiger partial charge in [0.2, 0.25) is 0 Å². The van der Waals surface area contributed by atoms with Crippen LogP contribution in [0.15, 0.2) is 41.6 Å².